The number of hydrogen-bond acceptors (Lipinski definition) is 1. The maximum atomic E-state index is 13.3. The Hall–Kier alpha value is -2.62. The van der Waals surface area contributed by atoms with Gasteiger partial charge in [0, 0.05) is 41.7 Å². The van der Waals surface area contributed by atoms with Crippen molar-refractivity contribution < 1.29 is 9.18 Å². The highest BCUT2D eigenvalue weighted by Crippen LogP contribution is 2.28. The average molecular weight is 322 g/mol. The molecular weight excluding hydrogens is 303 g/mol. The third-order valence-corrected chi connectivity index (χ3v) is 4.73. The van der Waals surface area contributed by atoms with Crippen LogP contribution < -0.4 is 0 Å². The number of amides is 1. The van der Waals surface area contributed by atoms with E-state index in [-0.39, 0.29) is 18.1 Å². The van der Waals surface area contributed by atoms with E-state index in [1.54, 1.807) is 12.1 Å². The number of nitrogens with zero attached hydrogens (tertiary/aromatic N) is 1. The van der Waals surface area contributed by atoms with E-state index in [1.807, 2.05) is 4.90 Å². The SMILES string of the molecule is Cc1ccc2c3c([nH]c2c1)CCN(C(=O)Cc1cccc(F)c1)C3. The summed E-state index contributed by atoms with van der Waals surface area (Å²) in [7, 11) is 0. The van der Waals surface area contributed by atoms with Crippen molar-refractivity contribution in [2.24, 2.45) is 0 Å². The number of benzene rings is 2. The number of halogens is 1. The van der Waals surface area contributed by atoms with Crippen LogP contribution in [-0.2, 0) is 24.2 Å². The first-order valence-electron chi connectivity index (χ1n) is 8.22. The van der Waals surface area contributed by atoms with E-state index in [2.05, 4.69) is 30.1 Å². The van der Waals surface area contributed by atoms with Gasteiger partial charge in [0.25, 0.3) is 0 Å². The minimum absolute atomic E-state index is 0.0488. The average Bonchev–Trinajstić information content (AvgIpc) is 2.91. The van der Waals surface area contributed by atoms with Gasteiger partial charge in [0.05, 0.1) is 6.42 Å². The summed E-state index contributed by atoms with van der Waals surface area (Å²) in [6, 6.07) is 12.6. The number of aromatic nitrogens is 1. The summed E-state index contributed by atoms with van der Waals surface area (Å²) < 4.78 is 13.3. The number of H-pyrrole nitrogens is 1. The van der Waals surface area contributed by atoms with Gasteiger partial charge in [0.15, 0.2) is 0 Å². The van der Waals surface area contributed by atoms with E-state index in [9.17, 15) is 9.18 Å². The van der Waals surface area contributed by atoms with Crippen LogP contribution in [0.25, 0.3) is 10.9 Å². The molecule has 0 atom stereocenters. The molecule has 0 bridgehead atoms. The molecule has 0 saturated carbocycles. The summed E-state index contributed by atoms with van der Waals surface area (Å²) >= 11 is 0. The van der Waals surface area contributed by atoms with E-state index >= 15 is 0 Å². The van der Waals surface area contributed by atoms with E-state index in [1.165, 1.54) is 34.3 Å². The zero-order valence-corrected chi connectivity index (χ0v) is 13.6. The molecule has 0 spiro atoms. The van der Waals surface area contributed by atoms with Gasteiger partial charge in [-0.2, -0.15) is 0 Å². The van der Waals surface area contributed by atoms with Crippen molar-refractivity contribution in [2.75, 3.05) is 6.54 Å². The maximum Gasteiger partial charge on any atom is 0.227 e. The molecular formula is C20H19FN2O. The molecule has 2 aromatic carbocycles. The summed E-state index contributed by atoms with van der Waals surface area (Å²) in [6.07, 6.45) is 1.08. The van der Waals surface area contributed by atoms with Gasteiger partial charge in [-0.1, -0.05) is 24.3 Å². The maximum absolute atomic E-state index is 13.3. The molecule has 1 aromatic heterocycles. The number of carbonyl (C=O) groups excluding carboxylic acids is 1. The summed E-state index contributed by atoms with van der Waals surface area (Å²) in [5, 5.41) is 1.19. The fraction of sp³-hybridized carbons (Fsp3) is 0.250. The van der Waals surface area contributed by atoms with Crippen molar-refractivity contribution in [1.82, 2.24) is 9.88 Å². The number of aryl methyl sites for hydroxylation is 1. The molecule has 1 amide bonds. The zero-order valence-electron chi connectivity index (χ0n) is 13.6. The summed E-state index contributed by atoms with van der Waals surface area (Å²) in [6.45, 7) is 3.40. The monoisotopic (exact) mass is 322 g/mol. The lowest BCUT2D eigenvalue weighted by molar-refractivity contribution is -0.131. The molecule has 1 N–H and O–H groups in total. The molecule has 1 aliphatic heterocycles. The van der Waals surface area contributed by atoms with E-state index in [0.717, 1.165) is 17.5 Å². The predicted molar refractivity (Wildman–Crippen MR) is 92.3 cm³/mol. The van der Waals surface area contributed by atoms with Crippen molar-refractivity contribution >= 4 is 16.8 Å². The van der Waals surface area contributed by atoms with Gasteiger partial charge in [-0.05, 0) is 36.2 Å². The second-order valence-corrected chi connectivity index (χ2v) is 6.50. The molecule has 0 fully saturated rings. The fourth-order valence-electron chi connectivity index (χ4n) is 3.48. The Balaban J connectivity index is 1.57. The van der Waals surface area contributed by atoms with Crippen molar-refractivity contribution in [3.8, 4) is 0 Å². The van der Waals surface area contributed by atoms with Crippen LogP contribution in [0.2, 0.25) is 0 Å². The van der Waals surface area contributed by atoms with Gasteiger partial charge in [-0.25, -0.2) is 4.39 Å². The second kappa shape index (κ2) is 5.78. The van der Waals surface area contributed by atoms with Gasteiger partial charge in [-0.3, -0.25) is 4.79 Å². The van der Waals surface area contributed by atoms with Crippen LogP contribution >= 0.6 is 0 Å². The van der Waals surface area contributed by atoms with Crippen LogP contribution in [0.4, 0.5) is 4.39 Å². The molecule has 2 heterocycles. The van der Waals surface area contributed by atoms with Crippen molar-refractivity contribution in [1.29, 1.82) is 0 Å². The molecule has 0 radical (unpaired) electrons. The lowest BCUT2D eigenvalue weighted by Crippen LogP contribution is -2.36. The topological polar surface area (TPSA) is 36.1 Å². The smallest absolute Gasteiger partial charge is 0.227 e. The van der Waals surface area contributed by atoms with Gasteiger partial charge in [0.1, 0.15) is 5.82 Å². The molecule has 0 unspecified atom stereocenters. The Bertz CT molecular complexity index is 929. The van der Waals surface area contributed by atoms with Crippen LogP contribution in [0.15, 0.2) is 42.5 Å². The van der Waals surface area contributed by atoms with Gasteiger partial charge in [0.2, 0.25) is 5.91 Å². The quantitative estimate of drug-likeness (QED) is 0.766. The lowest BCUT2D eigenvalue weighted by atomic mass is 10.0. The zero-order chi connectivity index (χ0) is 16.7. The minimum Gasteiger partial charge on any atom is -0.358 e. The van der Waals surface area contributed by atoms with Gasteiger partial charge in [-0.15, -0.1) is 0 Å². The molecule has 24 heavy (non-hydrogen) atoms. The molecule has 0 saturated heterocycles. The molecule has 122 valence electrons. The van der Waals surface area contributed by atoms with Crippen LogP contribution in [0.5, 0.6) is 0 Å². The predicted octanol–water partition coefficient (Wildman–Crippen LogP) is 3.74. The Morgan fingerprint density at radius 3 is 2.96 bits per heavy atom. The highest BCUT2D eigenvalue weighted by molar-refractivity contribution is 5.87. The van der Waals surface area contributed by atoms with Crippen LogP contribution in [0.3, 0.4) is 0 Å². The summed E-state index contributed by atoms with van der Waals surface area (Å²) in [5.74, 6) is -0.249. The number of carbonyl (C=O) groups is 1. The summed E-state index contributed by atoms with van der Waals surface area (Å²) in [4.78, 5) is 18.0. The van der Waals surface area contributed by atoms with E-state index < -0.39 is 0 Å². The number of aromatic amines is 1. The Morgan fingerprint density at radius 2 is 2.12 bits per heavy atom. The summed E-state index contributed by atoms with van der Waals surface area (Å²) in [5.41, 5.74) is 5.52. The number of hydrogen-bond donors (Lipinski definition) is 1. The first-order valence-corrected chi connectivity index (χ1v) is 8.22. The molecule has 3 nitrogen and oxygen atoms in total. The number of fused-ring (bicyclic) bond motifs is 3. The van der Waals surface area contributed by atoms with Crippen LogP contribution in [-0.4, -0.2) is 22.3 Å². The third kappa shape index (κ3) is 2.68. The van der Waals surface area contributed by atoms with Crippen LogP contribution in [0.1, 0.15) is 22.4 Å². The van der Waals surface area contributed by atoms with Crippen LogP contribution in [0, 0.1) is 12.7 Å². The highest BCUT2D eigenvalue weighted by Gasteiger charge is 2.24. The first-order chi connectivity index (χ1) is 11.6. The number of nitrogens with one attached hydrogen (secondary N) is 1. The molecule has 0 aliphatic carbocycles. The highest BCUT2D eigenvalue weighted by atomic mass is 19.1. The minimum atomic E-state index is -0.298. The second-order valence-electron chi connectivity index (χ2n) is 6.50. The van der Waals surface area contributed by atoms with Crippen molar-refractivity contribution in [2.45, 2.75) is 26.3 Å². The largest absolute Gasteiger partial charge is 0.358 e. The fourth-order valence-corrected chi connectivity index (χ4v) is 3.48. The Labute approximate surface area is 140 Å². The lowest BCUT2D eigenvalue weighted by Gasteiger charge is -2.27. The van der Waals surface area contributed by atoms with Crippen molar-refractivity contribution in [3.05, 3.63) is 70.7 Å². The van der Waals surface area contributed by atoms with Crippen molar-refractivity contribution in [3.63, 3.8) is 0 Å². The van der Waals surface area contributed by atoms with Gasteiger partial charge >= 0.3 is 0 Å². The molecule has 1 aliphatic rings. The Kier molecular flexibility index (Phi) is 3.60. The first kappa shape index (κ1) is 14.9. The third-order valence-electron chi connectivity index (χ3n) is 4.73. The Morgan fingerprint density at radius 1 is 1.25 bits per heavy atom. The van der Waals surface area contributed by atoms with E-state index in [0.29, 0.717) is 13.1 Å². The molecule has 4 rings (SSSR count). The molecule has 3 aromatic rings. The van der Waals surface area contributed by atoms with E-state index in [4.69, 9.17) is 0 Å². The van der Waals surface area contributed by atoms with Gasteiger partial charge < -0.3 is 9.88 Å². The molecule has 4 heteroatoms. The number of rotatable bonds is 2. The normalized spacial score (nSPS) is 14.0. The standard InChI is InChI=1S/C20H19FN2O/c1-13-5-6-16-17-12-23(8-7-18(17)22-19(16)9-13)20(24)11-14-3-2-4-15(21)10-14/h2-6,9-10,22H,7-8,11-12H2,1H3.